The first-order valence-corrected chi connectivity index (χ1v) is 6.62. The van der Waals surface area contributed by atoms with Crippen molar-refractivity contribution < 1.29 is 0 Å². The lowest BCUT2D eigenvalue weighted by atomic mass is 10.1. The van der Waals surface area contributed by atoms with Crippen molar-refractivity contribution in [3.8, 4) is 0 Å². The molecule has 1 aromatic carbocycles. The largest absolute Gasteiger partial charge is 0.387 e. The highest BCUT2D eigenvalue weighted by molar-refractivity contribution is 5.90. The van der Waals surface area contributed by atoms with Gasteiger partial charge < -0.3 is 9.88 Å². The topological polar surface area (TPSA) is 17.0 Å². The van der Waals surface area contributed by atoms with E-state index < -0.39 is 0 Å². The average Bonchev–Trinajstić information content (AvgIpc) is 2.70. The van der Waals surface area contributed by atoms with E-state index in [0.29, 0.717) is 0 Å². The van der Waals surface area contributed by atoms with Gasteiger partial charge in [0.25, 0.3) is 0 Å². The van der Waals surface area contributed by atoms with Gasteiger partial charge in [0.2, 0.25) is 0 Å². The zero-order valence-corrected chi connectivity index (χ0v) is 11.8. The number of nitrogens with one attached hydrogen (secondary N) is 1. The molecule has 2 aromatic rings. The molecule has 1 heterocycles. The summed E-state index contributed by atoms with van der Waals surface area (Å²) in [5, 5.41) is 4.52. The molecule has 0 saturated heterocycles. The molecule has 0 atom stereocenters. The first kappa shape index (κ1) is 12.7. The lowest BCUT2D eigenvalue weighted by Gasteiger charge is -2.11. The molecule has 0 spiro atoms. The maximum atomic E-state index is 4.12. The van der Waals surface area contributed by atoms with Crippen molar-refractivity contribution in [3.63, 3.8) is 0 Å². The molecule has 18 heavy (non-hydrogen) atoms. The molecule has 0 aliphatic rings. The highest BCUT2D eigenvalue weighted by Crippen LogP contribution is 2.29. The second kappa shape index (κ2) is 4.89. The number of aromatic nitrogens is 1. The molecule has 2 nitrogen and oxygen atoms in total. The Morgan fingerprint density at radius 2 is 2.06 bits per heavy atom. The van der Waals surface area contributed by atoms with Gasteiger partial charge in [0.05, 0.1) is 11.4 Å². The number of rotatable bonds is 4. The van der Waals surface area contributed by atoms with Gasteiger partial charge in [0, 0.05) is 24.5 Å². The quantitative estimate of drug-likeness (QED) is 0.864. The molecule has 0 amide bonds. The van der Waals surface area contributed by atoms with Crippen LogP contribution >= 0.6 is 0 Å². The standard InChI is InChI=1S/C16H22N2/c1-6-13-8-9-15-14(10-13)11(3)16(12(4)17-5)18(15)7-2/h8-10,17H,4,6-7H2,1-3,5H3. The number of fused-ring (bicyclic) bond motifs is 1. The van der Waals surface area contributed by atoms with Gasteiger partial charge in [-0.1, -0.05) is 19.6 Å². The zero-order valence-electron chi connectivity index (χ0n) is 11.8. The number of benzene rings is 1. The summed E-state index contributed by atoms with van der Waals surface area (Å²) in [6.07, 6.45) is 1.08. The maximum Gasteiger partial charge on any atom is 0.0676 e. The van der Waals surface area contributed by atoms with Crippen LogP contribution in [0.5, 0.6) is 0 Å². The third kappa shape index (κ3) is 1.82. The monoisotopic (exact) mass is 242 g/mol. The van der Waals surface area contributed by atoms with E-state index in [-0.39, 0.29) is 0 Å². The molecule has 96 valence electrons. The third-order valence-corrected chi connectivity index (χ3v) is 3.69. The van der Waals surface area contributed by atoms with Crippen molar-refractivity contribution in [2.45, 2.75) is 33.7 Å². The van der Waals surface area contributed by atoms with E-state index in [2.05, 4.69) is 55.4 Å². The minimum Gasteiger partial charge on any atom is -0.387 e. The van der Waals surface area contributed by atoms with Crippen LogP contribution in [-0.2, 0) is 13.0 Å². The molecule has 0 bridgehead atoms. The minimum absolute atomic E-state index is 0.964. The maximum absolute atomic E-state index is 4.12. The Kier molecular flexibility index (Phi) is 3.46. The van der Waals surface area contributed by atoms with Crippen molar-refractivity contribution in [3.05, 3.63) is 41.6 Å². The first-order chi connectivity index (χ1) is 8.63. The summed E-state index contributed by atoms with van der Waals surface area (Å²) in [6, 6.07) is 6.76. The summed E-state index contributed by atoms with van der Waals surface area (Å²) in [5.41, 5.74) is 6.23. The molecule has 1 aromatic heterocycles. The minimum atomic E-state index is 0.964. The molecule has 2 rings (SSSR count). The Balaban J connectivity index is 2.78. The van der Waals surface area contributed by atoms with E-state index in [1.807, 2.05) is 7.05 Å². The summed E-state index contributed by atoms with van der Waals surface area (Å²) >= 11 is 0. The molecule has 0 saturated carbocycles. The highest BCUT2D eigenvalue weighted by Gasteiger charge is 2.14. The molecule has 0 aliphatic heterocycles. The second-order valence-corrected chi connectivity index (χ2v) is 4.65. The van der Waals surface area contributed by atoms with Crippen molar-refractivity contribution in [2.75, 3.05) is 7.05 Å². The fraction of sp³-hybridized carbons (Fsp3) is 0.375. The predicted molar refractivity (Wildman–Crippen MR) is 79.8 cm³/mol. The van der Waals surface area contributed by atoms with Gasteiger partial charge in [-0.3, -0.25) is 0 Å². The third-order valence-electron chi connectivity index (χ3n) is 3.69. The van der Waals surface area contributed by atoms with Crippen LogP contribution in [0.1, 0.15) is 30.7 Å². The summed E-state index contributed by atoms with van der Waals surface area (Å²) < 4.78 is 2.34. The molecule has 0 unspecified atom stereocenters. The molecule has 0 radical (unpaired) electrons. The molecule has 0 fully saturated rings. The highest BCUT2D eigenvalue weighted by atomic mass is 15.0. The van der Waals surface area contributed by atoms with Crippen LogP contribution in [0.4, 0.5) is 0 Å². The van der Waals surface area contributed by atoms with Crippen LogP contribution in [0.25, 0.3) is 16.6 Å². The van der Waals surface area contributed by atoms with Gasteiger partial charge in [-0.25, -0.2) is 0 Å². The molecular formula is C16H22N2. The van der Waals surface area contributed by atoms with Crippen molar-refractivity contribution >= 4 is 16.6 Å². The second-order valence-electron chi connectivity index (χ2n) is 4.65. The van der Waals surface area contributed by atoms with Crippen LogP contribution in [0, 0.1) is 6.92 Å². The van der Waals surface area contributed by atoms with Crippen LogP contribution in [0.3, 0.4) is 0 Å². The van der Waals surface area contributed by atoms with Crippen molar-refractivity contribution in [1.29, 1.82) is 0 Å². The van der Waals surface area contributed by atoms with Gasteiger partial charge in [0.1, 0.15) is 0 Å². The van der Waals surface area contributed by atoms with E-state index >= 15 is 0 Å². The summed E-state index contributed by atoms with van der Waals surface area (Å²) in [7, 11) is 1.93. The normalized spacial score (nSPS) is 10.9. The van der Waals surface area contributed by atoms with Gasteiger partial charge in [0.15, 0.2) is 0 Å². The van der Waals surface area contributed by atoms with Gasteiger partial charge in [-0.15, -0.1) is 0 Å². The van der Waals surface area contributed by atoms with Crippen molar-refractivity contribution in [2.24, 2.45) is 0 Å². The van der Waals surface area contributed by atoms with E-state index in [1.165, 1.54) is 27.7 Å². The van der Waals surface area contributed by atoms with Crippen molar-refractivity contribution in [1.82, 2.24) is 9.88 Å². The van der Waals surface area contributed by atoms with Crippen LogP contribution in [-0.4, -0.2) is 11.6 Å². The fourth-order valence-electron chi connectivity index (χ4n) is 2.63. The fourth-order valence-corrected chi connectivity index (χ4v) is 2.63. The van der Waals surface area contributed by atoms with Gasteiger partial charge in [-0.2, -0.15) is 0 Å². The Bertz CT molecular complexity index is 591. The molecule has 2 heteroatoms. The lowest BCUT2D eigenvalue weighted by molar-refractivity contribution is 0.777. The number of aryl methyl sites for hydroxylation is 3. The van der Waals surface area contributed by atoms with E-state index in [0.717, 1.165) is 18.7 Å². The van der Waals surface area contributed by atoms with Gasteiger partial charge in [-0.05, 0) is 43.5 Å². The molecule has 1 N–H and O–H groups in total. The van der Waals surface area contributed by atoms with Crippen LogP contribution in [0.2, 0.25) is 0 Å². The number of hydrogen-bond donors (Lipinski definition) is 1. The summed E-state index contributed by atoms with van der Waals surface area (Å²) in [5.74, 6) is 0. The van der Waals surface area contributed by atoms with Crippen LogP contribution < -0.4 is 5.32 Å². The first-order valence-electron chi connectivity index (χ1n) is 6.62. The Morgan fingerprint density at radius 1 is 1.33 bits per heavy atom. The summed E-state index contributed by atoms with van der Waals surface area (Å²) in [4.78, 5) is 0. The van der Waals surface area contributed by atoms with E-state index in [9.17, 15) is 0 Å². The lowest BCUT2D eigenvalue weighted by Crippen LogP contribution is -2.09. The average molecular weight is 242 g/mol. The Morgan fingerprint density at radius 3 is 2.61 bits per heavy atom. The number of nitrogens with zero attached hydrogens (tertiary/aromatic N) is 1. The Labute approximate surface area is 109 Å². The van der Waals surface area contributed by atoms with E-state index in [4.69, 9.17) is 0 Å². The SMILES string of the molecule is C=C(NC)c1c(C)c2cc(CC)ccc2n1CC. The van der Waals surface area contributed by atoms with E-state index in [1.54, 1.807) is 0 Å². The predicted octanol–water partition coefficient (Wildman–Crippen LogP) is 3.72. The smallest absolute Gasteiger partial charge is 0.0676 e. The summed E-state index contributed by atoms with van der Waals surface area (Å²) in [6.45, 7) is 11.6. The zero-order chi connectivity index (χ0) is 13.3. The van der Waals surface area contributed by atoms with Gasteiger partial charge >= 0.3 is 0 Å². The number of hydrogen-bond acceptors (Lipinski definition) is 1. The Hall–Kier alpha value is -1.70. The molecule has 0 aliphatic carbocycles. The van der Waals surface area contributed by atoms with Crippen LogP contribution in [0.15, 0.2) is 24.8 Å². The molecular weight excluding hydrogens is 220 g/mol.